The maximum atomic E-state index is 13.0. The first-order valence-electron chi connectivity index (χ1n) is 11.0. The predicted molar refractivity (Wildman–Crippen MR) is 125 cm³/mol. The number of H-pyrrole nitrogens is 1. The number of rotatable bonds is 6. The second-order valence-electron chi connectivity index (χ2n) is 8.11. The van der Waals surface area contributed by atoms with Gasteiger partial charge in [0.2, 0.25) is 0 Å². The summed E-state index contributed by atoms with van der Waals surface area (Å²) in [5.74, 6) is -0.162. The summed E-state index contributed by atoms with van der Waals surface area (Å²) in [5, 5.41) is 6.62. The largest absolute Gasteiger partial charge is 0.358 e. The van der Waals surface area contributed by atoms with Gasteiger partial charge in [0.25, 0.3) is 11.8 Å². The van der Waals surface area contributed by atoms with Crippen molar-refractivity contribution in [1.29, 1.82) is 0 Å². The molecule has 0 saturated heterocycles. The Morgan fingerprint density at radius 2 is 2.00 bits per heavy atom. The molecule has 0 spiro atoms. The van der Waals surface area contributed by atoms with Crippen LogP contribution in [0.25, 0.3) is 11.1 Å². The van der Waals surface area contributed by atoms with Crippen molar-refractivity contribution in [2.75, 3.05) is 31.5 Å². The van der Waals surface area contributed by atoms with Crippen LogP contribution in [0.3, 0.4) is 0 Å². The Kier molecular flexibility index (Phi) is 6.21. The van der Waals surface area contributed by atoms with Crippen molar-refractivity contribution in [3.8, 4) is 0 Å². The lowest BCUT2D eigenvalue weighted by molar-refractivity contribution is -0.110. The highest BCUT2D eigenvalue weighted by Crippen LogP contribution is 2.43. The first-order chi connectivity index (χ1) is 14.9. The molecule has 4 rings (SSSR count). The number of benzene rings is 1. The molecule has 7 heteroatoms. The molecule has 2 aromatic rings. The fourth-order valence-electron chi connectivity index (χ4n) is 4.70. The molecule has 0 unspecified atom stereocenters. The Hall–Kier alpha value is -2.57. The fourth-order valence-corrected chi connectivity index (χ4v) is 4.88. The van der Waals surface area contributed by atoms with E-state index in [9.17, 15) is 9.59 Å². The van der Waals surface area contributed by atoms with Crippen molar-refractivity contribution in [3.05, 3.63) is 51.3 Å². The predicted octanol–water partition coefficient (Wildman–Crippen LogP) is 4.25. The number of nitrogens with one attached hydrogen (secondary N) is 3. The van der Waals surface area contributed by atoms with Crippen LogP contribution in [-0.2, 0) is 11.2 Å². The molecule has 0 fully saturated rings. The van der Waals surface area contributed by atoms with E-state index in [1.165, 1.54) is 0 Å². The third kappa shape index (κ3) is 4.02. The molecule has 0 saturated carbocycles. The molecular weight excluding hydrogens is 412 g/mol. The normalized spacial score (nSPS) is 17.5. The second kappa shape index (κ2) is 8.89. The van der Waals surface area contributed by atoms with Gasteiger partial charge in [-0.25, -0.2) is 0 Å². The van der Waals surface area contributed by atoms with E-state index in [1.807, 2.05) is 19.1 Å². The van der Waals surface area contributed by atoms with Gasteiger partial charge in [0, 0.05) is 40.8 Å². The number of carbonyl (C=O) groups excluding carboxylic acids is 2. The molecule has 0 bridgehead atoms. The zero-order valence-electron chi connectivity index (χ0n) is 18.3. The topological polar surface area (TPSA) is 77.2 Å². The number of aromatic amines is 1. The highest BCUT2D eigenvalue weighted by molar-refractivity contribution is 6.38. The summed E-state index contributed by atoms with van der Waals surface area (Å²) >= 11 is 6.21. The Morgan fingerprint density at radius 1 is 1.23 bits per heavy atom. The summed E-state index contributed by atoms with van der Waals surface area (Å²) in [6, 6.07) is 5.45. The first kappa shape index (κ1) is 21.7. The van der Waals surface area contributed by atoms with Crippen molar-refractivity contribution in [3.63, 3.8) is 0 Å². The molecule has 0 atom stereocenters. The fraction of sp³-hybridized carbons (Fsp3) is 0.417. The van der Waals surface area contributed by atoms with Crippen LogP contribution in [0, 0.1) is 6.92 Å². The van der Waals surface area contributed by atoms with Gasteiger partial charge in [-0.05, 0) is 68.6 Å². The van der Waals surface area contributed by atoms with Crippen molar-refractivity contribution in [2.45, 2.75) is 40.0 Å². The standard InChI is InChI=1S/C24H29ClN4O2/c1-4-29(5-2)12-11-26-23(30)20-14(3)27-22-16(20)7-6-8-17(22)21-18-13-15(25)9-10-19(18)28-24(21)31/h9-10,13,27H,4-8,11-12H2,1-3H3,(H,26,30)(H,28,31)/b21-17-. The number of hydrogen-bond donors (Lipinski definition) is 3. The molecule has 31 heavy (non-hydrogen) atoms. The van der Waals surface area contributed by atoms with Crippen LogP contribution in [0.2, 0.25) is 5.02 Å². The minimum Gasteiger partial charge on any atom is -0.358 e. The zero-order valence-corrected chi connectivity index (χ0v) is 19.1. The zero-order chi connectivity index (χ0) is 22.1. The van der Waals surface area contributed by atoms with Crippen molar-refractivity contribution >= 4 is 40.2 Å². The molecule has 6 nitrogen and oxygen atoms in total. The number of halogens is 1. The molecule has 1 aromatic heterocycles. The van der Waals surface area contributed by atoms with Crippen LogP contribution in [0.1, 0.15) is 59.6 Å². The van der Waals surface area contributed by atoms with Gasteiger partial charge in [-0.15, -0.1) is 0 Å². The Bertz CT molecular complexity index is 1070. The lowest BCUT2D eigenvalue weighted by atomic mass is 9.86. The van der Waals surface area contributed by atoms with Crippen LogP contribution in [0.15, 0.2) is 18.2 Å². The number of likely N-dealkylation sites (N-methyl/N-ethyl adjacent to an activating group) is 1. The van der Waals surface area contributed by atoms with E-state index >= 15 is 0 Å². The van der Waals surface area contributed by atoms with Crippen LogP contribution in [0.4, 0.5) is 5.69 Å². The lowest BCUT2D eigenvalue weighted by Crippen LogP contribution is -2.35. The number of hydrogen-bond acceptors (Lipinski definition) is 3. The third-order valence-corrected chi connectivity index (χ3v) is 6.54. The number of aromatic nitrogens is 1. The van der Waals surface area contributed by atoms with Gasteiger partial charge in [-0.3, -0.25) is 9.59 Å². The Morgan fingerprint density at radius 3 is 2.74 bits per heavy atom. The first-order valence-corrected chi connectivity index (χ1v) is 11.4. The van der Waals surface area contributed by atoms with Gasteiger partial charge in [-0.1, -0.05) is 25.4 Å². The van der Waals surface area contributed by atoms with Gasteiger partial charge in [0.15, 0.2) is 0 Å². The summed E-state index contributed by atoms with van der Waals surface area (Å²) in [7, 11) is 0. The maximum absolute atomic E-state index is 13.0. The number of anilines is 1. The van der Waals surface area contributed by atoms with Crippen LogP contribution in [-0.4, -0.2) is 47.9 Å². The van der Waals surface area contributed by atoms with Gasteiger partial charge in [0.05, 0.1) is 11.1 Å². The van der Waals surface area contributed by atoms with Gasteiger partial charge >= 0.3 is 0 Å². The molecule has 2 amide bonds. The summed E-state index contributed by atoms with van der Waals surface area (Å²) < 4.78 is 0. The van der Waals surface area contributed by atoms with Crippen molar-refractivity contribution in [2.24, 2.45) is 0 Å². The van der Waals surface area contributed by atoms with Crippen molar-refractivity contribution < 1.29 is 9.59 Å². The minimum atomic E-state index is -0.113. The number of fused-ring (bicyclic) bond motifs is 2. The second-order valence-corrected chi connectivity index (χ2v) is 8.55. The average Bonchev–Trinajstić information content (AvgIpc) is 3.26. The van der Waals surface area contributed by atoms with Gasteiger partial charge < -0.3 is 20.5 Å². The molecule has 2 aliphatic rings. The number of carbonyl (C=O) groups is 2. The van der Waals surface area contributed by atoms with E-state index < -0.39 is 0 Å². The third-order valence-electron chi connectivity index (χ3n) is 6.31. The highest BCUT2D eigenvalue weighted by atomic mass is 35.5. The lowest BCUT2D eigenvalue weighted by Gasteiger charge is -2.19. The van der Waals surface area contributed by atoms with E-state index in [1.54, 1.807) is 6.07 Å². The number of aryl methyl sites for hydroxylation is 1. The summed E-state index contributed by atoms with van der Waals surface area (Å²) in [5.41, 5.74) is 6.72. The number of allylic oxidation sites excluding steroid dienone is 1. The maximum Gasteiger partial charge on any atom is 0.256 e. The molecule has 0 radical (unpaired) electrons. The minimum absolute atomic E-state index is 0.0484. The summed E-state index contributed by atoms with van der Waals surface area (Å²) in [6.07, 6.45) is 2.50. The van der Waals surface area contributed by atoms with Crippen molar-refractivity contribution in [1.82, 2.24) is 15.2 Å². The molecule has 1 aromatic carbocycles. The van der Waals surface area contributed by atoms with E-state index in [2.05, 4.69) is 34.4 Å². The van der Waals surface area contributed by atoms with Crippen LogP contribution >= 0.6 is 11.6 Å². The van der Waals surface area contributed by atoms with Crippen LogP contribution < -0.4 is 10.6 Å². The molecule has 2 heterocycles. The molecule has 1 aliphatic heterocycles. The number of nitrogens with zero attached hydrogens (tertiary/aromatic N) is 1. The van der Waals surface area contributed by atoms with E-state index in [0.29, 0.717) is 17.1 Å². The van der Waals surface area contributed by atoms with Gasteiger partial charge in [0.1, 0.15) is 0 Å². The smallest absolute Gasteiger partial charge is 0.256 e. The van der Waals surface area contributed by atoms with E-state index in [4.69, 9.17) is 11.6 Å². The summed E-state index contributed by atoms with van der Waals surface area (Å²) in [6.45, 7) is 9.55. The molecular formula is C24H29ClN4O2. The molecule has 3 N–H and O–H groups in total. The van der Waals surface area contributed by atoms with Gasteiger partial charge in [-0.2, -0.15) is 0 Å². The van der Waals surface area contributed by atoms with Crippen LogP contribution in [0.5, 0.6) is 0 Å². The number of amides is 2. The Labute approximate surface area is 188 Å². The quantitative estimate of drug-likeness (QED) is 0.588. The monoisotopic (exact) mass is 440 g/mol. The molecule has 1 aliphatic carbocycles. The SMILES string of the molecule is CCN(CC)CCNC(=O)c1c(C)[nH]c2c1CCC/C2=C1/C(=O)Nc2ccc(Cl)cc21. The Balaban J connectivity index is 1.68. The molecule has 164 valence electrons. The van der Waals surface area contributed by atoms with E-state index in [-0.39, 0.29) is 11.8 Å². The van der Waals surface area contributed by atoms with E-state index in [0.717, 1.165) is 78.2 Å². The highest BCUT2D eigenvalue weighted by Gasteiger charge is 2.33. The summed E-state index contributed by atoms with van der Waals surface area (Å²) in [4.78, 5) is 31.6. The average molecular weight is 441 g/mol.